The Labute approximate surface area is 101 Å². The van der Waals surface area contributed by atoms with Crippen LogP contribution in [0.3, 0.4) is 0 Å². The zero-order valence-electron chi connectivity index (χ0n) is 6.81. The van der Waals surface area contributed by atoms with Gasteiger partial charge in [0.2, 0.25) is 0 Å². The van der Waals surface area contributed by atoms with Gasteiger partial charge in [-0.05, 0) is 18.6 Å². The Morgan fingerprint density at radius 1 is 1.00 bits per heavy atom. The summed E-state index contributed by atoms with van der Waals surface area (Å²) in [5.74, 6) is 0. The van der Waals surface area contributed by atoms with E-state index < -0.39 is 0 Å². The fourth-order valence-corrected chi connectivity index (χ4v) is 0.890. The number of hydrogen-bond acceptors (Lipinski definition) is 3. The smallest absolute Gasteiger partial charge is 0 e. The molecule has 13 heavy (non-hydrogen) atoms. The average Bonchev–Trinajstić information content (AvgIpc) is 2.21. The first-order valence-corrected chi connectivity index (χ1v) is 3.47. The average molecular weight is 244 g/mol. The van der Waals surface area contributed by atoms with E-state index in [0.717, 1.165) is 11.1 Å². The van der Waals surface area contributed by atoms with Crippen LogP contribution in [0.4, 0.5) is 0 Å². The summed E-state index contributed by atoms with van der Waals surface area (Å²) in [6.45, 7) is 0. The molecule has 0 amide bonds. The van der Waals surface area contributed by atoms with Gasteiger partial charge in [-0.3, -0.25) is 16.1 Å². The van der Waals surface area contributed by atoms with Crippen LogP contribution in [0, 0.1) is 12.1 Å². The maximum absolute atomic E-state index is 3.87. The molecule has 2 heterocycles. The first-order valence-electron chi connectivity index (χ1n) is 3.47. The van der Waals surface area contributed by atoms with Crippen molar-refractivity contribution < 1.29 is 32.7 Å². The summed E-state index contributed by atoms with van der Waals surface area (Å²) < 4.78 is 0. The van der Waals surface area contributed by atoms with Crippen molar-refractivity contribution in [3.05, 3.63) is 43.0 Å². The van der Waals surface area contributed by atoms with E-state index in [1.165, 1.54) is 6.20 Å². The number of aromatic nitrogens is 3. The van der Waals surface area contributed by atoms with Crippen molar-refractivity contribution in [3.63, 3.8) is 0 Å². The molecule has 2 aromatic rings. The second kappa shape index (κ2) is 5.15. The Hall–Kier alpha value is -0.666. The van der Waals surface area contributed by atoms with Gasteiger partial charge in [0.05, 0.1) is 0 Å². The van der Waals surface area contributed by atoms with Crippen molar-refractivity contribution in [2.45, 2.75) is 0 Å². The van der Waals surface area contributed by atoms with Crippen molar-refractivity contribution in [1.29, 1.82) is 0 Å². The molecule has 0 aliphatic carbocycles. The zero-order chi connectivity index (χ0) is 8.23. The van der Waals surface area contributed by atoms with E-state index in [1.54, 1.807) is 18.6 Å². The molecule has 0 spiro atoms. The quantitative estimate of drug-likeness (QED) is 0.706. The first kappa shape index (κ1) is 10.4. The van der Waals surface area contributed by atoms with E-state index in [9.17, 15) is 0 Å². The Bertz CT molecular complexity index is 312. The van der Waals surface area contributed by atoms with Crippen LogP contribution in [0.15, 0.2) is 30.9 Å². The standard InChI is InChI=1S/C9H5N3.Y/c1-4-10-5-2-8(1)9-3-6-11-12-7-9;/h1,4-7H;/q-2;. The molecule has 0 aromatic carbocycles. The summed E-state index contributed by atoms with van der Waals surface area (Å²) in [5, 5.41) is 7.38. The SMILES string of the molecule is [Y].[c-]1cnccc1-c1[c-]cnnc1. The van der Waals surface area contributed by atoms with Gasteiger partial charge in [0.25, 0.3) is 0 Å². The first-order chi connectivity index (χ1) is 5.97. The normalized spacial score (nSPS) is 8.92. The summed E-state index contributed by atoms with van der Waals surface area (Å²) in [7, 11) is 0. The van der Waals surface area contributed by atoms with Gasteiger partial charge in [-0.15, -0.1) is 6.20 Å². The predicted octanol–water partition coefficient (Wildman–Crippen LogP) is 1.14. The molecule has 0 aliphatic rings. The Morgan fingerprint density at radius 2 is 1.85 bits per heavy atom. The molecule has 1 radical (unpaired) electrons. The summed E-state index contributed by atoms with van der Waals surface area (Å²) in [6, 6.07) is 7.78. The molecule has 2 rings (SSSR count). The topological polar surface area (TPSA) is 38.7 Å². The largest absolute Gasteiger partial charge is 0.294 e. The number of nitrogens with zero attached hydrogens (tertiary/aromatic N) is 3. The molecule has 4 heteroatoms. The van der Waals surface area contributed by atoms with Crippen LogP contribution in [0.5, 0.6) is 0 Å². The fourth-order valence-electron chi connectivity index (χ4n) is 0.890. The van der Waals surface area contributed by atoms with Gasteiger partial charge >= 0.3 is 0 Å². The monoisotopic (exact) mass is 244 g/mol. The summed E-state index contributed by atoms with van der Waals surface area (Å²) in [5.41, 5.74) is 1.81. The van der Waals surface area contributed by atoms with E-state index in [-0.39, 0.29) is 32.7 Å². The molecular weight excluding hydrogens is 239 g/mol. The second-order valence-electron chi connectivity index (χ2n) is 2.20. The molecule has 0 aliphatic heterocycles. The third kappa shape index (κ3) is 2.64. The Kier molecular flexibility index (Phi) is 4.12. The van der Waals surface area contributed by atoms with Crippen LogP contribution < -0.4 is 0 Å². The molecule has 0 bridgehead atoms. The number of pyridine rings is 1. The van der Waals surface area contributed by atoms with E-state index in [2.05, 4.69) is 27.3 Å². The van der Waals surface area contributed by atoms with Crippen LogP contribution in [-0.2, 0) is 32.7 Å². The number of hydrogen-bond donors (Lipinski definition) is 0. The van der Waals surface area contributed by atoms with Crippen LogP contribution in [-0.4, -0.2) is 15.2 Å². The maximum Gasteiger partial charge on any atom is 0 e. The van der Waals surface area contributed by atoms with E-state index in [4.69, 9.17) is 0 Å². The Balaban J connectivity index is 0.000000845. The van der Waals surface area contributed by atoms with Crippen LogP contribution in [0.2, 0.25) is 0 Å². The molecular formula is C9H5N3Y-2. The fraction of sp³-hybridized carbons (Fsp3) is 0. The minimum Gasteiger partial charge on any atom is -0.294 e. The molecule has 0 fully saturated rings. The van der Waals surface area contributed by atoms with Gasteiger partial charge < -0.3 is 0 Å². The van der Waals surface area contributed by atoms with Gasteiger partial charge in [-0.1, -0.05) is 0 Å². The maximum atomic E-state index is 3.87. The zero-order valence-corrected chi connectivity index (χ0v) is 9.64. The van der Waals surface area contributed by atoms with Crippen LogP contribution >= 0.6 is 0 Å². The van der Waals surface area contributed by atoms with Crippen molar-refractivity contribution in [2.75, 3.05) is 0 Å². The summed E-state index contributed by atoms with van der Waals surface area (Å²) in [6.07, 6.45) is 6.50. The third-order valence-corrected chi connectivity index (χ3v) is 1.44. The summed E-state index contributed by atoms with van der Waals surface area (Å²) in [4.78, 5) is 3.87. The van der Waals surface area contributed by atoms with Crippen molar-refractivity contribution in [1.82, 2.24) is 15.2 Å². The van der Waals surface area contributed by atoms with E-state index in [0.29, 0.717) is 0 Å². The summed E-state index contributed by atoms with van der Waals surface area (Å²) >= 11 is 0. The van der Waals surface area contributed by atoms with Crippen molar-refractivity contribution in [3.8, 4) is 11.1 Å². The van der Waals surface area contributed by atoms with Gasteiger partial charge in [-0.2, -0.15) is 5.10 Å². The predicted molar refractivity (Wildman–Crippen MR) is 42.9 cm³/mol. The molecule has 2 aromatic heterocycles. The minimum atomic E-state index is 0. The van der Waals surface area contributed by atoms with Crippen molar-refractivity contribution in [2.24, 2.45) is 0 Å². The number of rotatable bonds is 1. The van der Waals surface area contributed by atoms with Gasteiger partial charge in [0.15, 0.2) is 0 Å². The third-order valence-electron chi connectivity index (χ3n) is 1.44. The van der Waals surface area contributed by atoms with Crippen LogP contribution in [0.25, 0.3) is 11.1 Å². The molecule has 0 atom stereocenters. The molecule has 3 nitrogen and oxygen atoms in total. The molecule has 61 valence electrons. The van der Waals surface area contributed by atoms with Gasteiger partial charge in [0, 0.05) is 32.7 Å². The minimum absolute atomic E-state index is 0. The van der Waals surface area contributed by atoms with E-state index in [1.807, 2.05) is 6.07 Å². The molecule has 0 unspecified atom stereocenters. The second-order valence-corrected chi connectivity index (χ2v) is 2.20. The van der Waals surface area contributed by atoms with Crippen LogP contribution in [0.1, 0.15) is 0 Å². The molecule has 0 N–H and O–H groups in total. The molecule has 0 saturated carbocycles. The van der Waals surface area contributed by atoms with Crippen molar-refractivity contribution >= 4 is 0 Å². The molecule has 0 saturated heterocycles. The Morgan fingerprint density at radius 3 is 2.46 bits per heavy atom. The van der Waals surface area contributed by atoms with Gasteiger partial charge in [-0.25, -0.2) is 23.3 Å². The van der Waals surface area contributed by atoms with E-state index >= 15 is 0 Å². The van der Waals surface area contributed by atoms with Gasteiger partial charge in [0.1, 0.15) is 0 Å².